The van der Waals surface area contributed by atoms with Gasteiger partial charge in [0.05, 0.1) is 16.9 Å². The normalized spacial score (nSPS) is 20.5. The number of hydrogen-bond acceptors (Lipinski definition) is 5. The molecule has 11 heteroatoms. The summed E-state index contributed by atoms with van der Waals surface area (Å²) in [7, 11) is 0. The molecule has 3 aliphatic rings. The number of carbonyl (C=O) groups is 2. The number of benzene rings is 3. The molecule has 2 amide bonds. The first kappa shape index (κ1) is 32.5. The Labute approximate surface area is 282 Å². The Kier molecular flexibility index (Phi) is 8.46. The molecular formula is C38H38F3N5O3. The van der Waals surface area contributed by atoms with E-state index in [0.29, 0.717) is 56.2 Å². The lowest BCUT2D eigenvalue weighted by Crippen LogP contribution is -2.53. The highest BCUT2D eigenvalue weighted by Crippen LogP contribution is 2.40. The lowest BCUT2D eigenvalue weighted by atomic mass is 9.83. The van der Waals surface area contributed by atoms with Crippen molar-refractivity contribution in [2.24, 2.45) is 5.92 Å². The van der Waals surface area contributed by atoms with E-state index in [1.807, 2.05) is 27.7 Å². The van der Waals surface area contributed by atoms with Gasteiger partial charge in [-0.05, 0) is 86.3 Å². The van der Waals surface area contributed by atoms with Crippen molar-refractivity contribution < 1.29 is 22.8 Å². The lowest BCUT2D eigenvalue weighted by Gasteiger charge is -2.44. The molecule has 2 bridgehead atoms. The molecule has 49 heavy (non-hydrogen) atoms. The van der Waals surface area contributed by atoms with Gasteiger partial charge in [-0.25, -0.2) is 0 Å². The average Bonchev–Trinajstić information content (AvgIpc) is 3.08. The average molecular weight is 670 g/mol. The molecular weight excluding hydrogens is 631 g/mol. The van der Waals surface area contributed by atoms with Gasteiger partial charge in [0, 0.05) is 79.8 Å². The third-order valence-electron chi connectivity index (χ3n) is 10.0. The van der Waals surface area contributed by atoms with Gasteiger partial charge >= 0.3 is 6.18 Å². The number of piperazine rings is 1. The number of aryl methyl sites for hydroxylation is 1. The zero-order chi connectivity index (χ0) is 34.4. The minimum atomic E-state index is -4.60. The summed E-state index contributed by atoms with van der Waals surface area (Å²) in [4.78, 5) is 46.3. The maximum atomic E-state index is 13.9. The first-order chi connectivity index (χ1) is 23.4. The summed E-state index contributed by atoms with van der Waals surface area (Å²) in [5.74, 6) is -0.612. The van der Waals surface area contributed by atoms with Crippen LogP contribution in [0.25, 0.3) is 0 Å². The molecule has 3 atom stereocenters. The molecule has 4 aromatic rings. The molecule has 7 rings (SSSR count). The summed E-state index contributed by atoms with van der Waals surface area (Å²) >= 11 is 0. The Morgan fingerprint density at radius 3 is 2.41 bits per heavy atom. The number of pyridine rings is 1. The Balaban J connectivity index is 1.18. The number of piperidine rings is 1. The van der Waals surface area contributed by atoms with Gasteiger partial charge in [0.2, 0.25) is 0 Å². The molecule has 8 nitrogen and oxygen atoms in total. The summed E-state index contributed by atoms with van der Waals surface area (Å²) < 4.78 is 42.3. The van der Waals surface area contributed by atoms with Gasteiger partial charge in [-0.2, -0.15) is 13.2 Å². The van der Waals surface area contributed by atoms with Crippen molar-refractivity contribution in [2.45, 2.75) is 44.9 Å². The van der Waals surface area contributed by atoms with Crippen LogP contribution in [0.4, 0.5) is 30.2 Å². The van der Waals surface area contributed by atoms with Crippen molar-refractivity contribution in [3.8, 4) is 0 Å². The summed E-state index contributed by atoms with van der Waals surface area (Å²) in [6, 6.07) is 23.2. The number of hydrogen-bond donors (Lipinski definition) is 1. The third kappa shape index (κ3) is 6.54. The fourth-order valence-corrected chi connectivity index (χ4v) is 7.68. The van der Waals surface area contributed by atoms with Crippen molar-refractivity contribution in [2.75, 3.05) is 47.8 Å². The lowest BCUT2D eigenvalue weighted by molar-refractivity contribution is -0.137. The molecule has 3 aliphatic heterocycles. The molecule has 0 spiro atoms. The van der Waals surface area contributed by atoms with Crippen LogP contribution in [0.3, 0.4) is 0 Å². The number of aromatic nitrogens is 1. The first-order valence-corrected chi connectivity index (χ1v) is 16.6. The Hall–Kier alpha value is -5.06. The fourth-order valence-electron chi connectivity index (χ4n) is 7.68. The highest BCUT2D eigenvalue weighted by molar-refractivity contribution is 6.07. The highest BCUT2D eigenvalue weighted by Gasteiger charge is 2.36. The van der Waals surface area contributed by atoms with E-state index in [-0.39, 0.29) is 34.9 Å². The fraction of sp³-hybridized carbons (Fsp3) is 0.342. The van der Waals surface area contributed by atoms with Crippen molar-refractivity contribution in [3.05, 3.63) is 123 Å². The van der Waals surface area contributed by atoms with Gasteiger partial charge in [-0.1, -0.05) is 24.3 Å². The molecule has 0 radical (unpaired) electrons. The number of halogens is 3. The Bertz CT molecular complexity index is 1970. The smallest absolute Gasteiger partial charge is 0.369 e. The number of anilines is 3. The van der Waals surface area contributed by atoms with Crippen LogP contribution < -0.4 is 20.7 Å². The van der Waals surface area contributed by atoms with Crippen LogP contribution in [-0.4, -0.2) is 60.0 Å². The van der Waals surface area contributed by atoms with Crippen molar-refractivity contribution in [1.82, 2.24) is 9.47 Å². The molecule has 2 fully saturated rings. The van der Waals surface area contributed by atoms with Crippen LogP contribution in [0.5, 0.6) is 0 Å². The standard InChI is InChI=1S/C38H38F3N5O3/c1-24-6-3-9-31(16-24)45-15-14-43(20-25(45)2)37(49)28-12-13-34(32(19-28)42-36(48)27-7-4-8-30(18-27)38(39,40)41)44-21-26-17-29(23-44)33-10-5-11-35(47)46(33)22-26/h3-13,16,18-19,25-26,29H,14-15,17,20-23H2,1-2H3,(H,42,48)/t25-,26-,29+/m1/s1. The van der Waals surface area contributed by atoms with E-state index in [1.165, 1.54) is 17.7 Å². The zero-order valence-electron chi connectivity index (χ0n) is 27.4. The Morgan fingerprint density at radius 2 is 1.63 bits per heavy atom. The van der Waals surface area contributed by atoms with E-state index in [9.17, 15) is 27.6 Å². The van der Waals surface area contributed by atoms with Crippen LogP contribution in [0.1, 0.15) is 56.8 Å². The third-order valence-corrected chi connectivity index (χ3v) is 10.0. The van der Waals surface area contributed by atoms with Crippen molar-refractivity contribution in [1.29, 1.82) is 0 Å². The molecule has 0 unspecified atom stereocenters. The molecule has 0 aliphatic carbocycles. The van der Waals surface area contributed by atoms with E-state index in [2.05, 4.69) is 47.2 Å². The van der Waals surface area contributed by atoms with Crippen LogP contribution in [0.2, 0.25) is 0 Å². The number of amides is 2. The van der Waals surface area contributed by atoms with Gasteiger partial charge in [0.1, 0.15) is 0 Å². The van der Waals surface area contributed by atoms with E-state index >= 15 is 0 Å². The monoisotopic (exact) mass is 669 g/mol. The van der Waals surface area contributed by atoms with Gasteiger partial charge < -0.3 is 24.6 Å². The van der Waals surface area contributed by atoms with E-state index in [4.69, 9.17) is 0 Å². The number of rotatable bonds is 5. The van der Waals surface area contributed by atoms with E-state index in [0.717, 1.165) is 29.9 Å². The summed E-state index contributed by atoms with van der Waals surface area (Å²) in [5.41, 5.74) is 3.58. The van der Waals surface area contributed by atoms with Gasteiger partial charge in [0.15, 0.2) is 0 Å². The second-order valence-electron chi connectivity index (χ2n) is 13.5. The van der Waals surface area contributed by atoms with Gasteiger partial charge in [-0.3, -0.25) is 14.4 Å². The number of alkyl halides is 3. The van der Waals surface area contributed by atoms with Crippen molar-refractivity contribution >= 4 is 28.9 Å². The highest BCUT2D eigenvalue weighted by atomic mass is 19.4. The van der Waals surface area contributed by atoms with E-state index in [1.54, 1.807) is 24.3 Å². The second kappa shape index (κ2) is 12.8. The minimum Gasteiger partial charge on any atom is -0.369 e. The largest absolute Gasteiger partial charge is 0.416 e. The van der Waals surface area contributed by atoms with E-state index < -0.39 is 17.6 Å². The molecule has 4 heterocycles. The number of fused-ring (bicyclic) bond motifs is 4. The van der Waals surface area contributed by atoms with Gasteiger partial charge in [0.25, 0.3) is 17.4 Å². The van der Waals surface area contributed by atoms with Crippen LogP contribution in [0, 0.1) is 12.8 Å². The molecule has 3 aromatic carbocycles. The molecule has 0 saturated carbocycles. The number of nitrogens with zero attached hydrogens (tertiary/aromatic N) is 4. The molecule has 254 valence electrons. The van der Waals surface area contributed by atoms with Gasteiger partial charge in [-0.15, -0.1) is 0 Å². The second-order valence-corrected chi connectivity index (χ2v) is 13.5. The molecule has 2 saturated heterocycles. The summed E-state index contributed by atoms with van der Waals surface area (Å²) in [6.07, 6.45) is -3.67. The summed E-state index contributed by atoms with van der Waals surface area (Å²) in [5, 5.41) is 2.86. The minimum absolute atomic E-state index is 0.0217. The van der Waals surface area contributed by atoms with Crippen LogP contribution >= 0.6 is 0 Å². The zero-order valence-corrected chi connectivity index (χ0v) is 27.4. The summed E-state index contributed by atoms with van der Waals surface area (Å²) in [6.45, 7) is 7.61. The molecule has 1 aromatic heterocycles. The van der Waals surface area contributed by atoms with Crippen LogP contribution in [-0.2, 0) is 12.7 Å². The predicted molar refractivity (Wildman–Crippen MR) is 183 cm³/mol. The number of nitrogens with one attached hydrogen (secondary N) is 1. The van der Waals surface area contributed by atoms with Crippen LogP contribution in [0.15, 0.2) is 89.7 Å². The predicted octanol–water partition coefficient (Wildman–Crippen LogP) is 6.40. The quantitative estimate of drug-likeness (QED) is 0.266. The maximum absolute atomic E-state index is 13.9. The number of carbonyl (C=O) groups excluding carboxylic acids is 2. The van der Waals surface area contributed by atoms with Crippen molar-refractivity contribution in [3.63, 3.8) is 0 Å². The maximum Gasteiger partial charge on any atom is 0.416 e. The Morgan fingerprint density at radius 1 is 0.837 bits per heavy atom. The molecule has 1 N–H and O–H groups in total. The SMILES string of the molecule is Cc1cccc(N2CCN(C(=O)c3ccc(N4C[C@H]5C[C@@H](C4)c4cccc(=O)n4C5)c(NC(=O)c4cccc(C(F)(F)F)c4)c3)C[C@H]2C)c1. The topological polar surface area (TPSA) is 77.9 Å². The first-order valence-electron chi connectivity index (χ1n) is 16.6.